The van der Waals surface area contributed by atoms with E-state index in [-0.39, 0.29) is 17.2 Å². The topological polar surface area (TPSA) is 64.0 Å². The van der Waals surface area contributed by atoms with E-state index >= 15 is 0 Å². The van der Waals surface area contributed by atoms with Crippen LogP contribution in [0.4, 0.5) is 0 Å². The first-order valence-corrected chi connectivity index (χ1v) is 10.7. The molecule has 0 atom stereocenters. The second-order valence-electron chi connectivity index (χ2n) is 6.55. The van der Waals surface area contributed by atoms with Gasteiger partial charge in [-0.15, -0.1) is 0 Å². The molecule has 0 saturated carbocycles. The Hall–Kier alpha value is -3.09. The van der Waals surface area contributed by atoms with Gasteiger partial charge >= 0.3 is 0 Å². The summed E-state index contributed by atoms with van der Waals surface area (Å²) in [6, 6.07) is 23.9. The fourth-order valence-corrected chi connectivity index (χ4v) is 4.09. The molecular weight excluding hydrogens is 418 g/mol. The van der Waals surface area contributed by atoms with Crippen LogP contribution in [0.2, 0.25) is 5.02 Å². The molecule has 0 aliphatic rings. The van der Waals surface area contributed by atoms with E-state index in [1.807, 2.05) is 42.5 Å². The lowest BCUT2D eigenvalue weighted by Crippen LogP contribution is -2.26. The molecule has 0 aliphatic heterocycles. The average molecular weight is 436 g/mol. The van der Waals surface area contributed by atoms with Gasteiger partial charge in [0, 0.05) is 6.54 Å². The number of para-hydroxylation sites is 2. The quantitative estimate of drug-likeness (QED) is 0.359. The Kier molecular flexibility index (Phi) is 6.16. The van der Waals surface area contributed by atoms with Gasteiger partial charge < -0.3 is 5.32 Å². The summed E-state index contributed by atoms with van der Waals surface area (Å²) in [6.07, 6.45) is 0. The highest BCUT2D eigenvalue weighted by atomic mass is 35.5. The van der Waals surface area contributed by atoms with Crippen LogP contribution in [0.3, 0.4) is 0 Å². The summed E-state index contributed by atoms with van der Waals surface area (Å²) in [5.41, 5.74) is 1.92. The lowest BCUT2D eigenvalue weighted by Gasteiger charge is -2.14. The molecule has 0 unspecified atom stereocenters. The van der Waals surface area contributed by atoms with E-state index in [2.05, 4.69) is 10.3 Å². The maximum Gasteiger partial charge on any atom is 0.266 e. The molecule has 0 aliphatic carbocycles. The van der Waals surface area contributed by atoms with Gasteiger partial charge in [-0.25, -0.2) is 4.98 Å². The van der Waals surface area contributed by atoms with Crippen LogP contribution in [-0.2, 0) is 11.3 Å². The Morgan fingerprint density at radius 3 is 2.47 bits per heavy atom. The zero-order valence-electron chi connectivity index (χ0n) is 15.9. The molecule has 0 saturated heterocycles. The summed E-state index contributed by atoms with van der Waals surface area (Å²) in [5.74, 6) is -0.0146. The van der Waals surface area contributed by atoms with Crippen LogP contribution in [0.15, 0.2) is 88.8 Å². The van der Waals surface area contributed by atoms with E-state index in [0.717, 1.165) is 5.56 Å². The molecule has 0 radical (unpaired) electrons. The fraction of sp³-hybridized carbons (Fsp3) is 0.0870. The van der Waals surface area contributed by atoms with Gasteiger partial charge in [0.25, 0.3) is 5.56 Å². The number of hydrogen-bond donors (Lipinski definition) is 1. The number of hydrogen-bond acceptors (Lipinski definition) is 4. The number of rotatable bonds is 6. The normalized spacial score (nSPS) is 10.8. The molecule has 4 rings (SSSR count). The van der Waals surface area contributed by atoms with Crippen LogP contribution < -0.4 is 10.9 Å². The van der Waals surface area contributed by atoms with E-state index in [0.29, 0.717) is 33.3 Å². The van der Waals surface area contributed by atoms with Crippen molar-refractivity contribution in [3.63, 3.8) is 0 Å². The van der Waals surface area contributed by atoms with Gasteiger partial charge in [-0.2, -0.15) is 0 Å². The van der Waals surface area contributed by atoms with Crippen LogP contribution in [-0.4, -0.2) is 21.2 Å². The minimum absolute atomic E-state index is 0.127. The number of carbonyl (C=O) groups is 1. The van der Waals surface area contributed by atoms with E-state index < -0.39 is 0 Å². The van der Waals surface area contributed by atoms with E-state index in [4.69, 9.17) is 11.6 Å². The number of fused-ring (bicyclic) bond motifs is 1. The first kappa shape index (κ1) is 20.2. The number of amides is 1. The molecule has 150 valence electrons. The summed E-state index contributed by atoms with van der Waals surface area (Å²) in [5, 5.41) is 4.24. The van der Waals surface area contributed by atoms with Gasteiger partial charge in [-0.05, 0) is 29.8 Å². The average Bonchev–Trinajstić information content (AvgIpc) is 2.78. The highest BCUT2D eigenvalue weighted by molar-refractivity contribution is 7.99. The van der Waals surface area contributed by atoms with Gasteiger partial charge in [0.1, 0.15) is 0 Å². The van der Waals surface area contributed by atoms with Crippen LogP contribution in [0.25, 0.3) is 16.6 Å². The zero-order chi connectivity index (χ0) is 20.9. The zero-order valence-corrected chi connectivity index (χ0v) is 17.5. The van der Waals surface area contributed by atoms with Crippen LogP contribution in [0, 0.1) is 0 Å². The van der Waals surface area contributed by atoms with E-state index in [1.165, 1.54) is 16.3 Å². The van der Waals surface area contributed by atoms with Crippen molar-refractivity contribution >= 4 is 40.2 Å². The summed E-state index contributed by atoms with van der Waals surface area (Å²) in [7, 11) is 0. The van der Waals surface area contributed by atoms with Crippen molar-refractivity contribution in [1.29, 1.82) is 0 Å². The Balaban J connectivity index is 1.63. The number of benzene rings is 3. The third-order valence-corrected chi connectivity index (χ3v) is 5.76. The predicted molar refractivity (Wildman–Crippen MR) is 121 cm³/mol. The summed E-state index contributed by atoms with van der Waals surface area (Å²) in [6.45, 7) is 0.447. The molecular formula is C23H18ClN3O2S. The molecule has 1 amide bonds. The smallest absolute Gasteiger partial charge is 0.266 e. The lowest BCUT2D eigenvalue weighted by atomic mass is 10.2. The lowest BCUT2D eigenvalue weighted by molar-refractivity contribution is -0.118. The number of aromatic nitrogens is 2. The van der Waals surface area contributed by atoms with Crippen LogP contribution >= 0.6 is 23.4 Å². The van der Waals surface area contributed by atoms with Crippen molar-refractivity contribution in [2.45, 2.75) is 11.7 Å². The van der Waals surface area contributed by atoms with E-state index in [9.17, 15) is 9.59 Å². The molecule has 1 heterocycles. The first-order chi connectivity index (χ1) is 14.6. The monoisotopic (exact) mass is 435 g/mol. The minimum Gasteiger partial charge on any atom is -0.351 e. The first-order valence-electron chi connectivity index (χ1n) is 9.33. The number of carbonyl (C=O) groups excluding carboxylic acids is 1. The largest absolute Gasteiger partial charge is 0.351 e. The summed E-state index contributed by atoms with van der Waals surface area (Å²) in [4.78, 5) is 30.2. The molecule has 0 fully saturated rings. The molecule has 0 bridgehead atoms. The second kappa shape index (κ2) is 9.15. The fourth-order valence-electron chi connectivity index (χ4n) is 3.03. The number of nitrogens with zero attached hydrogens (tertiary/aromatic N) is 2. The van der Waals surface area contributed by atoms with Crippen molar-refractivity contribution in [1.82, 2.24) is 14.9 Å². The van der Waals surface area contributed by atoms with Gasteiger partial charge in [0.15, 0.2) is 5.16 Å². The molecule has 3 aromatic carbocycles. The van der Waals surface area contributed by atoms with Crippen molar-refractivity contribution in [3.05, 3.63) is 99.8 Å². The van der Waals surface area contributed by atoms with Gasteiger partial charge in [-0.1, -0.05) is 78.0 Å². The SMILES string of the molecule is O=C(CSc1nc2ccccc2c(=O)n1-c1ccccc1Cl)NCc1ccccc1. The number of halogens is 1. The summed E-state index contributed by atoms with van der Waals surface area (Å²) < 4.78 is 1.47. The van der Waals surface area contributed by atoms with Crippen LogP contribution in [0.1, 0.15) is 5.56 Å². The molecule has 0 spiro atoms. The van der Waals surface area contributed by atoms with Crippen LogP contribution in [0.5, 0.6) is 0 Å². The van der Waals surface area contributed by atoms with Crippen molar-refractivity contribution in [3.8, 4) is 5.69 Å². The number of thioether (sulfide) groups is 1. The third-order valence-electron chi connectivity index (χ3n) is 4.50. The third kappa shape index (κ3) is 4.40. The second-order valence-corrected chi connectivity index (χ2v) is 7.90. The van der Waals surface area contributed by atoms with Crippen molar-refractivity contribution in [2.24, 2.45) is 0 Å². The molecule has 4 aromatic rings. The Bertz CT molecular complexity index is 1260. The Labute approximate surface area is 182 Å². The van der Waals surface area contributed by atoms with Crippen molar-refractivity contribution in [2.75, 3.05) is 5.75 Å². The maximum atomic E-state index is 13.2. The Morgan fingerprint density at radius 1 is 0.967 bits per heavy atom. The van der Waals surface area contributed by atoms with Gasteiger partial charge in [0.2, 0.25) is 5.91 Å². The standard InChI is InChI=1S/C23H18ClN3O2S/c24-18-11-5-7-13-20(18)27-22(29)17-10-4-6-12-19(17)26-23(27)30-15-21(28)25-14-16-8-2-1-3-9-16/h1-13H,14-15H2,(H,25,28). The summed E-state index contributed by atoms with van der Waals surface area (Å²) >= 11 is 7.56. The molecule has 1 aromatic heterocycles. The maximum absolute atomic E-state index is 13.2. The predicted octanol–water partition coefficient (Wildman–Crippen LogP) is 4.45. The van der Waals surface area contributed by atoms with Gasteiger partial charge in [-0.3, -0.25) is 14.2 Å². The van der Waals surface area contributed by atoms with Crippen molar-refractivity contribution < 1.29 is 4.79 Å². The molecule has 5 nitrogen and oxygen atoms in total. The van der Waals surface area contributed by atoms with Gasteiger partial charge in [0.05, 0.1) is 27.4 Å². The highest BCUT2D eigenvalue weighted by Gasteiger charge is 2.16. The Morgan fingerprint density at radius 2 is 1.67 bits per heavy atom. The number of nitrogens with one attached hydrogen (secondary N) is 1. The molecule has 1 N–H and O–H groups in total. The van der Waals surface area contributed by atoms with E-state index in [1.54, 1.807) is 36.4 Å². The minimum atomic E-state index is -0.221. The molecule has 30 heavy (non-hydrogen) atoms. The molecule has 7 heteroatoms. The highest BCUT2D eigenvalue weighted by Crippen LogP contribution is 2.25.